The highest BCUT2D eigenvalue weighted by molar-refractivity contribution is 9.10. The SMILES string of the molecule is O=C1COc2ccc(C(O)c3c(F)cccc3Br)cc2N1. The van der Waals surface area contributed by atoms with Gasteiger partial charge in [-0.25, -0.2) is 4.39 Å². The number of halogens is 2. The molecule has 0 aliphatic carbocycles. The first-order valence-corrected chi connectivity index (χ1v) is 7.04. The van der Waals surface area contributed by atoms with Gasteiger partial charge in [0.25, 0.3) is 5.91 Å². The van der Waals surface area contributed by atoms with Crippen LogP contribution >= 0.6 is 15.9 Å². The Balaban J connectivity index is 2.01. The quantitative estimate of drug-likeness (QED) is 0.874. The molecule has 1 heterocycles. The molecule has 4 nitrogen and oxygen atoms in total. The monoisotopic (exact) mass is 351 g/mol. The minimum atomic E-state index is -1.15. The Hall–Kier alpha value is -1.92. The molecule has 1 aliphatic heterocycles. The van der Waals surface area contributed by atoms with Crippen LogP contribution in [0.5, 0.6) is 5.75 Å². The Morgan fingerprint density at radius 3 is 2.90 bits per heavy atom. The number of aliphatic hydroxyl groups is 1. The number of nitrogens with one attached hydrogen (secondary N) is 1. The van der Waals surface area contributed by atoms with Crippen molar-refractivity contribution in [3.8, 4) is 5.75 Å². The number of amides is 1. The van der Waals surface area contributed by atoms with Crippen LogP contribution in [0, 0.1) is 5.82 Å². The average Bonchev–Trinajstić information content (AvgIpc) is 2.46. The molecular formula is C15H11BrFNO3. The summed E-state index contributed by atoms with van der Waals surface area (Å²) in [7, 11) is 0. The molecule has 0 aromatic heterocycles. The Bertz CT molecular complexity index is 700. The highest BCUT2D eigenvalue weighted by Gasteiger charge is 2.21. The van der Waals surface area contributed by atoms with Crippen molar-refractivity contribution in [2.45, 2.75) is 6.10 Å². The summed E-state index contributed by atoms with van der Waals surface area (Å²) in [5.41, 5.74) is 1.08. The second kappa shape index (κ2) is 5.46. The van der Waals surface area contributed by atoms with E-state index in [2.05, 4.69) is 21.2 Å². The van der Waals surface area contributed by atoms with Crippen LogP contribution in [0.15, 0.2) is 40.9 Å². The number of hydrogen-bond donors (Lipinski definition) is 2. The van der Waals surface area contributed by atoms with Gasteiger partial charge < -0.3 is 15.2 Å². The maximum Gasteiger partial charge on any atom is 0.262 e. The number of fused-ring (bicyclic) bond motifs is 1. The van der Waals surface area contributed by atoms with Crippen molar-refractivity contribution in [1.82, 2.24) is 0 Å². The standard InChI is InChI=1S/C15H11BrFNO3/c16-9-2-1-3-10(17)14(9)15(20)8-4-5-12-11(6-8)18-13(19)7-21-12/h1-6,15,20H,7H2,(H,18,19). The molecule has 6 heteroatoms. The first-order valence-electron chi connectivity index (χ1n) is 6.25. The highest BCUT2D eigenvalue weighted by atomic mass is 79.9. The molecule has 0 fully saturated rings. The Labute approximate surface area is 128 Å². The number of rotatable bonds is 2. The average molecular weight is 352 g/mol. The molecule has 21 heavy (non-hydrogen) atoms. The molecule has 108 valence electrons. The third-order valence-corrected chi connectivity index (χ3v) is 3.92. The van der Waals surface area contributed by atoms with Gasteiger partial charge >= 0.3 is 0 Å². The minimum Gasteiger partial charge on any atom is -0.482 e. The molecule has 1 amide bonds. The van der Waals surface area contributed by atoms with Crippen molar-refractivity contribution >= 4 is 27.5 Å². The number of hydrogen-bond acceptors (Lipinski definition) is 3. The molecule has 2 N–H and O–H groups in total. The van der Waals surface area contributed by atoms with Crippen LogP contribution in [-0.2, 0) is 4.79 Å². The van der Waals surface area contributed by atoms with Gasteiger partial charge in [-0.05, 0) is 29.8 Å². The number of anilines is 1. The summed E-state index contributed by atoms with van der Waals surface area (Å²) >= 11 is 3.24. The molecule has 1 atom stereocenters. The highest BCUT2D eigenvalue weighted by Crippen LogP contribution is 2.35. The summed E-state index contributed by atoms with van der Waals surface area (Å²) in [4.78, 5) is 11.3. The molecule has 0 radical (unpaired) electrons. The summed E-state index contributed by atoms with van der Waals surface area (Å²) in [6.45, 7) is -0.0340. The fraction of sp³-hybridized carbons (Fsp3) is 0.133. The summed E-state index contributed by atoms with van der Waals surface area (Å²) in [6, 6.07) is 9.35. The zero-order valence-corrected chi connectivity index (χ0v) is 12.4. The van der Waals surface area contributed by atoms with Crippen molar-refractivity contribution in [1.29, 1.82) is 0 Å². The van der Waals surface area contributed by atoms with E-state index in [1.807, 2.05) is 0 Å². The van der Waals surface area contributed by atoms with Crippen LogP contribution in [-0.4, -0.2) is 17.6 Å². The van der Waals surface area contributed by atoms with Gasteiger partial charge in [0.1, 0.15) is 17.7 Å². The summed E-state index contributed by atoms with van der Waals surface area (Å²) in [5.74, 6) is -0.241. The van der Waals surface area contributed by atoms with E-state index >= 15 is 0 Å². The summed E-state index contributed by atoms with van der Waals surface area (Å²) in [6.07, 6.45) is -1.15. The van der Waals surface area contributed by atoms with Gasteiger partial charge in [-0.15, -0.1) is 0 Å². The number of carbonyl (C=O) groups is 1. The summed E-state index contributed by atoms with van der Waals surface area (Å²) in [5, 5.41) is 13.1. The molecule has 2 aromatic carbocycles. The van der Waals surface area contributed by atoms with Crippen LogP contribution in [0.2, 0.25) is 0 Å². The largest absolute Gasteiger partial charge is 0.482 e. The number of ether oxygens (including phenoxy) is 1. The lowest BCUT2D eigenvalue weighted by atomic mass is 10.00. The predicted octanol–water partition coefficient (Wildman–Crippen LogP) is 3.00. The molecule has 0 saturated heterocycles. The molecule has 0 bridgehead atoms. The Morgan fingerprint density at radius 2 is 2.14 bits per heavy atom. The van der Waals surface area contributed by atoms with E-state index < -0.39 is 11.9 Å². The van der Waals surface area contributed by atoms with Gasteiger partial charge in [0.05, 0.1) is 5.69 Å². The van der Waals surface area contributed by atoms with Gasteiger partial charge in [-0.2, -0.15) is 0 Å². The lowest BCUT2D eigenvalue weighted by Gasteiger charge is -2.20. The third-order valence-electron chi connectivity index (χ3n) is 3.23. The van der Waals surface area contributed by atoms with Crippen LogP contribution in [0.3, 0.4) is 0 Å². The summed E-state index contributed by atoms with van der Waals surface area (Å²) < 4.78 is 19.6. The molecular weight excluding hydrogens is 341 g/mol. The maximum absolute atomic E-state index is 13.9. The van der Waals surface area contributed by atoms with Crippen LogP contribution < -0.4 is 10.1 Å². The first-order chi connectivity index (χ1) is 10.1. The smallest absolute Gasteiger partial charge is 0.262 e. The van der Waals surface area contributed by atoms with E-state index in [1.54, 1.807) is 30.3 Å². The van der Waals surface area contributed by atoms with Crippen LogP contribution in [0.4, 0.5) is 10.1 Å². The third kappa shape index (κ3) is 2.64. The number of benzene rings is 2. The topological polar surface area (TPSA) is 58.6 Å². The van der Waals surface area contributed by atoms with E-state index in [9.17, 15) is 14.3 Å². The van der Waals surface area contributed by atoms with Gasteiger partial charge in [0.2, 0.25) is 0 Å². The minimum absolute atomic E-state index is 0.0340. The van der Waals surface area contributed by atoms with Gasteiger partial charge in [-0.1, -0.05) is 28.1 Å². The Morgan fingerprint density at radius 1 is 1.33 bits per heavy atom. The van der Waals surface area contributed by atoms with E-state index in [0.717, 1.165) is 0 Å². The van der Waals surface area contributed by atoms with E-state index in [1.165, 1.54) is 6.07 Å². The van der Waals surface area contributed by atoms with Crippen molar-refractivity contribution < 1.29 is 19.0 Å². The zero-order chi connectivity index (χ0) is 15.0. The first kappa shape index (κ1) is 14.0. The zero-order valence-electron chi connectivity index (χ0n) is 10.8. The lowest BCUT2D eigenvalue weighted by Crippen LogP contribution is -2.25. The molecule has 1 unspecified atom stereocenters. The molecule has 0 spiro atoms. The number of carbonyl (C=O) groups excluding carboxylic acids is 1. The fourth-order valence-electron chi connectivity index (χ4n) is 2.21. The van der Waals surface area contributed by atoms with Crippen LogP contribution in [0.25, 0.3) is 0 Å². The molecule has 2 aromatic rings. The second-order valence-electron chi connectivity index (χ2n) is 4.63. The fourth-order valence-corrected chi connectivity index (χ4v) is 2.77. The molecule has 1 aliphatic rings. The second-order valence-corrected chi connectivity index (χ2v) is 5.48. The van der Waals surface area contributed by atoms with Crippen molar-refractivity contribution in [2.24, 2.45) is 0 Å². The van der Waals surface area contributed by atoms with Crippen LogP contribution in [0.1, 0.15) is 17.2 Å². The van der Waals surface area contributed by atoms with Crippen molar-refractivity contribution in [3.63, 3.8) is 0 Å². The van der Waals surface area contributed by atoms with Crippen molar-refractivity contribution in [3.05, 3.63) is 57.8 Å². The van der Waals surface area contributed by atoms with E-state index in [-0.39, 0.29) is 18.1 Å². The Kier molecular flexibility index (Phi) is 3.65. The molecule has 3 rings (SSSR count). The van der Waals surface area contributed by atoms with Gasteiger partial charge in [0.15, 0.2) is 6.61 Å². The predicted molar refractivity (Wildman–Crippen MR) is 78.7 cm³/mol. The molecule has 0 saturated carbocycles. The van der Waals surface area contributed by atoms with Gasteiger partial charge in [-0.3, -0.25) is 4.79 Å². The lowest BCUT2D eigenvalue weighted by molar-refractivity contribution is -0.118. The van der Waals surface area contributed by atoms with E-state index in [0.29, 0.717) is 21.5 Å². The maximum atomic E-state index is 13.9. The number of aliphatic hydroxyl groups excluding tert-OH is 1. The normalized spacial score (nSPS) is 14.9. The van der Waals surface area contributed by atoms with Crippen molar-refractivity contribution in [2.75, 3.05) is 11.9 Å². The van der Waals surface area contributed by atoms with E-state index in [4.69, 9.17) is 4.74 Å². The van der Waals surface area contributed by atoms with Gasteiger partial charge in [0, 0.05) is 10.0 Å².